The molecule has 0 bridgehead atoms. The lowest BCUT2D eigenvalue weighted by molar-refractivity contribution is -0.122. The first kappa shape index (κ1) is 14.8. The molecule has 0 radical (unpaired) electrons. The molecule has 4 nitrogen and oxygen atoms in total. The highest BCUT2D eigenvalue weighted by molar-refractivity contribution is 5.76. The van der Waals surface area contributed by atoms with Crippen LogP contribution >= 0.6 is 0 Å². The molecule has 2 aliphatic rings. The van der Waals surface area contributed by atoms with E-state index in [1.165, 1.54) is 25.9 Å². The molecular formula is C15H29N3O. The molecule has 2 rings (SSSR count). The van der Waals surface area contributed by atoms with Crippen LogP contribution < -0.4 is 10.6 Å². The molecule has 2 heterocycles. The van der Waals surface area contributed by atoms with Gasteiger partial charge in [-0.2, -0.15) is 0 Å². The van der Waals surface area contributed by atoms with Gasteiger partial charge in [0.05, 0.1) is 0 Å². The molecule has 0 aromatic rings. The Hall–Kier alpha value is -0.610. The van der Waals surface area contributed by atoms with Crippen molar-refractivity contribution < 1.29 is 4.79 Å². The maximum atomic E-state index is 11.9. The van der Waals surface area contributed by atoms with Crippen LogP contribution in [0.1, 0.15) is 38.5 Å². The summed E-state index contributed by atoms with van der Waals surface area (Å²) in [6.07, 6.45) is 6.78. The minimum Gasteiger partial charge on any atom is -0.356 e. The molecule has 0 aromatic carbocycles. The van der Waals surface area contributed by atoms with Crippen molar-refractivity contribution in [2.45, 2.75) is 38.5 Å². The number of carbonyl (C=O) groups is 1. The SMILES string of the molecule is CN1CCC(CCNC(=O)CC2CCNCC2)CC1. The van der Waals surface area contributed by atoms with Crippen molar-refractivity contribution in [2.24, 2.45) is 11.8 Å². The highest BCUT2D eigenvalue weighted by atomic mass is 16.1. The predicted molar refractivity (Wildman–Crippen MR) is 78.1 cm³/mol. The number of piperidine rings is 2. The van der Waals surface area contributed by atoms with Gasteiger partial charge in [-0.1, -0.05) is 0 Å². The zero-order chi connectivity index (χ0) is 13.5. The second kappa shape index (κ2) is 7.85. The summed E-state index contributed by atoms with van der Waals surface area (Å²) < 4.78 is 0. The number of hydrogen-bond donors (Lipinski definition) is 2. The van der Waals surface area contributed by atoms with Crippen molar-refractivity contribution in [1.82, 2.24) is 15.5 Å². The fraction of sp³-hybridized carbons (Fsp3) is 0.933. The first-order valence-electron chi connectivity index (χ1n) is 7.90. The van der Waals surface area contributed by atoms with Crippen LogP contribution in [-0.4, -0.2) is 50.6 Å². The van der Waals surface area contributed by atoms with E-state index in [9.17, 15) is 4.79 Å². The van der Waals surface area contributed by atoms with Crippen LogP contribution in [-0.2, 0) is 4.79 Å². The van der Waals surface area contributed by atoms with E-state index in [0.29, 0.717) is 5.92 Å². The van der Waals surface area contributed by atoms with Crippen molar-refractivity contribution in [3.05, 3.63) is 0 Å². The molecule has 2 saturated heterocycles. The van der Waals surface area contributed by atoms with Crippen molar-refractivity contribution in [1.29, 1.82) is 0 Å². The third-order valence-corrected chi connectivity index (χ3v) is 4.65. The van der Waals surface area contributed by atoms with Gasteiger partial charge in [-0.05, 0) is 77.2 Å². The summed E-state index contributed by atoms with van der Waals surface area (Å²) in [6.45, 7) is 5.46. The zero-order valence-corrected chi connectivity index (χ0v) is 12.3. The Balaban J connectivity index is 1.53. The molecule has 19 heavy (non-hydrogen) atoms. The molecule has 0 saturated carbocycles. The molecule has 2 aliphatic heterocycles. The number of nitrogens with zero attached hydrogens (tertiary/aromatic N) is 1. The van der Waals surface area contributed by atoms with E-state index in [1.807, 2.05) is 0 Å². The van der Waals surface area contributed by atoms with E-state index in [4.69, 9.17) is 0 Å². The Morgan fingerprint density at radius 2 is 1.84 bits per heavy atom. The topological polar surface area (TPSA) is 44.4 Å². The zero-order valence-electron chi connectivity index (χ0n) is 12.3. The van der Waals surface area contributed by atoms with Crippen molar-refractivity contribution >= 4 is 5.91 Å². The van der Waals surface area contributed by atoms with Crippen molar-refractivity contribution in [3.8, 4) is 0 Å². The molecule has 1 amide bonds. The lowest BCUT2D eigenvalue weighted by Crippen LogP contribution is -2.34. The molecule has 0 spiro atoms. The summed E-state index contributed by atoms with van der Waals surface area (Å²) in [7, 11) is 2.19. The Morgan fingerprint density at radius 3 is 2.53 bits per heavy atom. The van der Waals surface area contributed by atoms with Gasteiger partial charge >= 0.3 is 0 Å². The second-order valence-corrected chi connectivity index (χ2v) is 6.28. The molecule has 2 fully saturated rings. The van der Waals surface area contributed by atoms with Crippen molar-refractivity contribution in [3.63, 3.8) is 0 Å². The third-order valence-electron chi connectivity index (χ3n) is 4.65. The van der Waals surface area contributed by atoms with Crippen LogP contribution in [0.25, 0.3) is 0 Å². The minimum atomic E-state index is 0.264. The fourth-order valence-corrected chi connectivity index (χ4v) is 3.19. The van der Waals surface area contributed by atoms with Gasteiger partial charge in [-0.3, -0.25) is 4.79 Å². The molecular weight excluding hydrogens is 238 g/mol. The lowest BCUT2D eigenvalue weighted by atomic mass is 9.93. The largest absolute Gasteiger partial charge is 0.356 e. The number of carbonyl (C=O) groups excluding carboxylic acids is 1. The number of likely N-dealkylation sites (tertiary alicyclic amines) is 1. The average molecular weight is 267 g/mol. The van der Waals surface area contributed by atoms with E-state index >= 15 is 0 Å². The van der Waals surface area contributed by atoms with Gasteiger partial charge in [0.2, 0.25) is 5.91 Å². The van der Waals surface area contributed by atoms with Crippen LogP contribution in [0.4, 0.5) is 0 Å². The van der Waals surface area contributed by atoms with Crippen LogP contribution in [0.5, 0.6) is 0 Å². The number of rotatable bonds is 5. The van der Waals surface area contributed by atoms with Gasteiger partial charge in [-0.15, -0.1) is 0 Å². The monoisotopic (exact) mass is 267 g/mol. The van der Waals surface area contributed by atoms with E-state index in [-0.39, 0.29) is 5.91 Å². The Labute approximate surface area is 117 Å². The first-order chi connectivity index (χ1) is 9.24. The summed E-state index contributed by atoms with van der Waals surface area (Å²) in [5.74, 6) is 1.68. The van der Waals surface area contributed by atoms with Crippen LogP contribution in [0.15, 0.2) is 0 Å². The summed E-state index contributed by atoms with van der Waals surface area (Å²) >= 11 is 0. The minimum absolute atomic E-state index is 0.264. The van der Waals surface area contributed by atoms with Crippen LogP contribution in [0, 0.1) is 11.8 Å². The van der Waals surface area contributed by atoms with Gasteiger partial charge < -0.3 is 15.5 Å². The van der Waals surface area contributed by atoms with Gasteiger partial charge in [0.15, 0.2) is 0 Å². The summed E-state index contributed by atoms with van der Waals surface area (Å²) in [5.41, 5.74) is 0. The van der Waals surface area contributed by atoms with E-state index in [2.05, 4.69) is 22.6 Å². The number of nitrogens with one attached hydrogen (secondary N) is 2. The molecule has 4 heteroatoms. The normalized spacial score (nSPS) is 23.4. The second-order valence-electron chi connectivity index (χ2n) is 6.28. The summed E-state index contributed by atoms with van der Waals surface area (Å²) in [4.78, 5) is 14.3. The fourth-order valence-electron chi connectivity index (χ4n) is 3.19. The van der Waals surface area contributed by atoms with Crippen LogP contribution in [0.3, 0.4) is 0 Å². The lowest BCUT2D eigenvalue weighted by Gasteiger charge is -2.29. The van der Waals surface area contributed by atoms with Crippen LogP contribution in [0.2, 0.25) is 0 Å². The maximum Gasteiger partial charge on any atom is 0.220 e. The van der Waals surface area contributed by atoms with E-state index in [1.54, 1.807) is 0 Å². The molecule has 0 unspecified atom stereocenters. The Bertz CT molecular complexity index is 269. The number of hydrogen-bond acceptors (Lipinski definition) is 3. The Kier molecular flexibility index (Phi) is 6.11. The first-order valence-corrected chi connectivity index (χ1v) is 7.90. The predicted octanol–water partition coefficient (Wildman–Crippen LogP) is 1.22. The molecule has 0 aliphatic carbocycles. The smallest absolute Gasteiger partial charge is 0.220 e. The highest BCUT2D eigenvalue weighted by Crippen LogP contribution is 2.19. The van der Waals surface area contributed by atoms with Gasteiger partial charge in [0.1, 0.15) is 0 Å². The van der Waals surface area contributed by atoms with Gasteiger partial charge in [-0.25, -0.2) is 0 Å². The summed E-state index contributed by atoms with van der Waals surface area (Å²) in [5, 5.41) is 6.46. The quantitative estimate of drug-likeness (QED) is 0.787. The van der Waals surface area contributed by atoms with Gasteiger partial charge in [0.25, 0.3) is 0 Å². The maximum absolute atomic E-state index is 11.9. The standard InChI is InChI=1S/C15H29N3O/c1-18-10-5-13(6-11-18)4-9-17-15(19)12-14-2-7-16-8-3-14/h13-14,16H,2-12H2,1H3,(H,17,19). The third kappa shape index (κ3) is 5.49. The Morgan fingerprint density at radius 1 is 1.16 bits per heavy atom. The van der Waals surface area contributed by atoms with E-state index < -0.39 is 0 Å². The average Bonchev–Trinajstić information content (AvgIpc) is 2.42. The van der Waals surface area contributed by atoms with E-state index in [0.717, 1.165) is 51.2 Å². The molecule has 110 valence electrons. The molecule has 0 aromatic heterocycles. The highest BCUT2D eigenvalue weighted by Gasteiger charge is 2.18. The van der Waals surface area contributed by atoms with Gasteiger partial charge in [0, 0.05) is 13.0 Å². The molecule has 2 N–H and O–H groups in total. The van der Waals surface area contributed by atoms with Crippen molar-refractivity contribution in [2.75, 3.05) is 39.8 Å². The number of amides is 1. The summed E-state index contributed by atoms with van der Waals surface area (Å²) in [6, 6.07) is 0. The molecule has 0 atom stereocenters.